The monoisotopic (exact) mass is 433 g/mol. The molecule has 0 aliphatic carbocycles. The first-order valence-electron chi connectivity index (χ1n) is 9.48. The van der Waals surface area contributed by atoms with E-state index in [1.165, 1.54) is 41.3 Å². The average Bonchev–Trinajstić information content (AvgIpc) is 2.76. The number of benzene rings is 2. The fraction of sp³-hybridized carbons (Fsp3) is 0.273. The lowest BCUT2D eigenvalue weighted by Crippen LogP contribution is -2.53. The fourth-order valence-corrected chi connectivity index (χ4v) is 3.07. The summed E-state index contributed by atoms with van der Waals surface area (Å²) in [6, 6.07) is 9.69. The second-order valence-electron chi connectivity index (χ2n) is 6.83. The van der Waals surface area contributed by atoms with Gasteiger partial charge in [-0.25, -0.2) is 9.18 Å². The van der Waals surface area contributed by atoms with E-state index in [4.69, 9.17) is 0 Å². The maximum absolute atomic E-state index is 13.3. The van der Waals surface area contributed by atoms with Gasteiger partial charge in [0.25, 0.3) is 5.91 Å². The van der Waals surface area contributed by atoms with E-state index in [1.54, 1.807) is 4.90 Å². The Balaban J connectivity index is 1.47. The number of alkyl halides is 3. The van der Waals surface area contributed by atoms with E-state index in [9.17, 15) is 27.2 Å². The third-order valence-corrected chi connectivity index (χ3v) is 4.68. The van der Waals surface area contributed by atoms with Crippen molar-refractivity contribution in [3.63, 3.8) is 0 Å². The molecule has 0 saturated carbocycles. The molecule has 1 fully saturated rings. The van der Waals surface area contributed by atoms with Gasteiger partial charge in [-0.2, -0.15) is 13.2 Å². The Morgan fingerprint density at radius 1 is 0.968 bits per heavy atom. The number of piperazine rings is 1. The lowest BCUT2D eigenvalue weighted by atomic mass is 10.1. The smallest absolute Gasteiger partial charge is 0.335 e. The van der Waals surface area contributed by atoms with Crippen molar-refractivity contribution in [2.45, 2.75) is 6.18 Å². The Labute approximate surface area is 176 Å². The van der Waals surface area contributed by atoms with Crippen molar-refractivity contribution in [3.05, 3.63) is 71.0 Å². The van der Waals surface area contributed by atoms with Crippen LogP contribution in [0, 0.1) is 17.7 Å². The molecule has 2 aromatic rings. The number of hydrogen-bond acceptors (Lipinski definition) is 2. The number of rotatable bonds is 2. The van der Waals surface area contributed by atoms with Gasteiger partial charge in [-0.1, -0.05) is 24.0 Å². The molecule has 0 spiro atoms. The quantitative estimate of drug-likeness (QED) is 0.583. The molecule has 2 aromatic carbocycles. The van der Waals surface area contributed by atoms with Gasteiger partial charge in [0.05, 0.1) is 12.1 Å². The Kier molecular flexibility index (Phi) is 6.80. The Hall–Kier alpha value is -3.54. The largest absolute Gasteiger partial charge is 0.416 e. The van der Waals surface area contributed by atoms with Crippen LogP contribution in [0.5, 0.6) is 0 Å². The zero-order valence-electron chi connectivity index (χ0n) is 16.4. The number of halogens is 4. The minimum absolute atomic E-state index is 0.0302. The van der Waals surface area contributed by atoms with Crippen molar-refractivity contribution in [2.24, 2.45) is 0 Å². The lowest BCUT2D eigenvalue weighted by molar-refractivity contribution is -0.137. The van der Waals surface area contributed by atoms with Crippen molar-refractivity contribution < 1.29 is 27.2 Å². The second kappa shape index (κ2) is 9.51. The normalized spacial score (nSPS) is 13.9. The Bertz CT molecular complexity index is 1020. The van der Waals surface area contributed by atoms with Crippen LogP contribution in [0.2, 0.25) is 0 Å². The Morgan fingerprint density at radius 2 is 1.65 bits per heavy atom. The summed E-state index contributed by atoms with van der Waals surface area (Å²) in [5, 5.41) is 2.59. The zero-order chi connectivity index (χ0) is 22.4. The van der Waals surface area contributed by atoms with E-state index in [0.717, 1.165) is 12.1 Å². The molecule has 0 unspecified atom stereocenters. The molecule has 0 atom stereocenters. The van der Waals surface area contributed by atoms with Crippen LogP contribution in [-0.4, -0.2) is 54.5 Å². The molecule has 162 valence electrons. The highest BCUT2D eigenvalue weighted by atomic mass is 19.4. The number of nitrogens with one attached hydrogen (secondary N) is 1. The number of carbonyl (C=O) groups is 2. The van der Waals surface area contributed by atoms with Crippen molar-refractivity contribution in [2.75, 3.05) is 32.7 Å². The summed E-state index contributed by atoms with van der Waals surface area (Å²) in [4.78, 5) is 27.7. The van der Waals surface area contributed by atoms with E-state index in [-0.39, 0.29) is 29.6 Å². The summed E-state index contributed by atoms with van der Waals surface area (Å²) >= 11 is 0. The van der Waals surface area contributed by atoms with Gasteiger partial charge in [0.15, 0.2) is 0 Å². The lowest BCUT2D eigenvalue weighted by Gasteiger charge is -2.34. The summed E-state index contributed by atoms with van der Waals surface area (Å²) < 4.78 is 51.4. The summed E-state index contributed by atoms with van der Waals surface area (Å²) in [6.07, 6.45) is -4.44. The standard InChI is InChI=1S/C22H19F4N3O2/c23-19-8-2-6-17(15-19)20(30)28-10-12-29(13-11-28)21(31)27-9-3-5-16-4-1-7-18(14-16)22(24,25)26/h1-2,4,6-8,14-15H,9-13H2,(H,27,31). The van der Waals surface area contributed by atoms with Crippen LogP contribution >= 0.6 is 0 Å². The van der Waals surface area contributed by atoms with Gasteiger partial charge in [0.2, 0.25) is 0 Å². The highest BCUT2D eigenvalue weighted by Crippen LogP contribution is 2.29. The summed E-state index contributed by atoms with van der Waals surface area (Å²) in [5.41, 5.74) is -0.328. The van der Waals surface area contributed by atoms with Gasteiger partial charge >= 0.3 is 12.2 Å². The first-order chi connectivity index (χ1) is 14.7. The summed E-state index contributed by atoms with van der Waals surface area (Å²) in [7, 11) is 0. The minimum atomic E-state index is -4.44. The minimum Gasteiger partial charge on any atom is -0.335 e. The van der Waals surface area contributed by atoms with Crippen molar-refractivity contribution in [3.8, 4) is 11.8 Å². The van der Waals surface area contributed by atoms with Crippen molar-refractivity contribution in [1.82, 2.24) is 15.1 Å². The first-order valence-corrected chi connectivity index (χ1v) is 9.48. The molecule has 1 aliphatic rings. The summed E-state index contributed by atoms with van der Waals surface area (Å²) in [6.45, 7) is 1.18. The van der Waals surface area contributed by atoms with Gasteiger partial charge in [-0.05, 0) is 36.4 Å². The molecule has 31 heavy (non-hydrogen) atoms. The van der Waals surface area contributed by atoms with Crippen LogP contribution in [-0.2, 0) is 6.18 Å². The highest BCUT2D eigenvalue weighted by molar-refractivity contribution is 5.94. The first kappa shape index (κ1) is 22.2. The van der Waals surface area contributed by atoms with E-state index < -0.39 is 17.6 Å². The van der Waals surface area contributed by atoms with Gasteiger partial charge in [0.1, 0.15) is 5.82 Å². The third-order valence-electron chi connectivity index (χ3n) is 4.68. The number of urea groups is 1. The molecule has 3 rings (SSSR count). The van der Waals surface area contributed by atoms with E-state index in [1.807, 2.05) is 0 Å². The number of carbonyl (C=O) groups excluding carboxylic acids is 2. The molecule has 9 heteroatoms. The molecule has 1 heterocycles. The third kappa shape index (κ3) is 5.98. The van der Waals surface area contributed by atoms with Crippen LogP contribution < -0.4 is 5.32 Å². The van der Waals surface area contributed by atoms with Crippen LogP contribution in [0.25, 0.3) is 0 Å². The van der Waals surface area contributed by atoms with Crippen LogP contribution in [0.3, 0.4) is 0 Å². The number of hydrogen-bond donors (Lipinski definition) is 1. The van der Waals surface area contributed by atoms with Gasteiger partial charge < -0.3 is 15.1 Å². The van der Waals surface area contributed by atoms with Crippen molar-refractivity contribution in [1.29, 1.82) is 0 Å². The summed E-state index contributed by atoms with van der Waals surface area (Å²) in [5.74, 6) is 4.43. The predicted molar refractivity (Wildman–Crippen MR) is 106 cm³/mol. The molecular weight excluding hydrogens is 414 g/mol. The number of nitrogens with zero attached hydrogens (tertiary/aromatic N) is 2. The molecule has 1 saturated heterocycles. The molecule has 3 amide bonds. The predicted octanol–water partition coefficient (Wildman–Crippen LogP) is 3.36. The van der Waals surface area contributed by atoms with Gasteiger partial charge in [0, 0.05) is 37.3 Å². The molecule has 0 radical (unpaired) electrons. The SMILES string of the molecule is O=C(NCC#Cc1cccc(C(F)(F)F)c1)N1CCN(C(=O)c2cccc(F)c2)CC1. The van der Waals surface area contributed by atoms with E-state index in [0.29, 0.717) is 26.2 Å². The van der Waals surface area contributed by atoms with E-state index >= 15 is 0 Å². The van der Waals surface area contributed by atoms with Crippen LogP contribution in [0.1, 0.15) is 21.5 Å². The van der Waals surface area contributed by atoms with E-state index in [2.05, 4.69) is 17.2 Å². The molecule has 5 nitrogen and oxygen atoms in total. The highest BCUT2D eigenvalue weighted by Gasteiger charge is 2.30. The maximum Gasteiger partial charge on any atom is 0.416 e. The molecule has 1 N–H and O–H groups in total. The molecule has 0 aromatic heterocycles. The number of amides is 3. The zero-order valence-corrected chi connectivity index (χ0v) is 16.4. The fourth-order valence-electron chi connectivity index (χ4n) is 3.07. The molecule has 0 bridgehead atoms. The van der Waals surface area contributed by atoms with Crippen LogP contribution in [0.15, 0.2) is 48.5 Å². The topological polar surface area (TPSA) is 52.7 Å². The Morgan fingerprint density at radius 3 is 2.32 bits per heavy atom. The van der Waals surface area contributed by atoms with Crippen LogP contribution in [0.4, 0.5) is 22.4 Å². The average molecular weight is 433 g/mol. The maximum atomic E-state index is 13.3. The molecule has 1 aliphatic heterocycles. The molecular formula is C22H19F4N3O2. The van der Waals surface area contributed by atoms with Gasteiger partial charge in [-0.3, -0.25) is 4.79 Å². The van der Waals surface area contributed by atoms with Gasteiger partial charge in [-0.15, -0.1) is 0 Å². The van der Waals surface area contributed by atoms with Crippen molar-refractivity contribution >= 4 is 11.9 Å². The second-order valence-corrected chi connectivity index (χ2v) is 6.83.